The third kappa shape index (κ3) is 2.71. The first-order chi connectivity index (χ1) is 10.4. The minimum absolute atomic E-state index is 0.156. The molecule has 0 aromatic rings. The number of hydrogen-bond donors (Lipinski definition) is 2. The van der Waals surface area contributed by atoms with Crippen molar-refractivity contribution in [3.05, 3.63) is 10.4 Å². The molecule has 0 bridgehead atoms. The zero-order valence-electron chi connectivity index (χ0n) is 12.0. The molecule has 10 nitrogen and oxygen atoms in total. The minimum atomic E-state index is -1.50. The summed E-state index contributed by atoms with van der Waals surface area (Å²) in [6.45, 7) is 1.05. The number of halogens is 1. The molecule has 2 N–H and O–H groups in total. The van der Waals surface area contributed by atoms with Crippen LogP contribution in [0.15, 0.2) is 5.11 Å². The molecule has 0 saturated carbocycles. The number of imide groups is 1. The molecule has 11 heteroatoms. The summed E-state index contributed by atoms with van der Waals surface area (Å²) in [7, 11) is 1.31. The second-order valence-corrected chi connectivity index (χ2v) is 5.94. The predicted octanol–water partition coefficient (Wildman–Crippen LogP) is 0.294. The molecular weight excluding hydrogens is 318 g/mol. The van der Waals surface area contributed by atoms with E-state index in [-0.39, 0.29) is 13.0 Å². The summed E-state index contributed by atoms with van der Waals surface area (Å²) in [5, 5.41) is 14.9. The Kier molecular flexibility index (Phi) is 4.78. The first-order valence-electron chi connectivity index (χ1n) is 6.52. The van der Waals surface area contributed by atoms with Crippen LogP contribution in [0.25, 0.3) is 10.4 Å². The Bertz CT molecular complexity index is 523. The van der Waals surface area contributed by atoms with Crippen molar-refractivity contribution in [2.45, 2.75) is 42.8 Å². The minimum Gasteiger partial charge on any atom is -0.394 e. The third-order valence-electron chi connectivity index (χ3n) is 3.73. The zero-order chi connectivity index (χ0) is 16.5. The van der Waals surface area contributed by atoms with E-state index in [4.69, 9.17) is 26.6 Å². The van der Waals surface area contributed by atoms with E-state index in [1.165, 1.54) is 14.0 Å². The van der Waals surface area contributed by atoms with Gasteiger partial charge >= 0.3 is 6.03 Å². The molecule has 0 aliphatic carbocycles. The number of carbonyl (C=O) groups is 2. The van der Waals surface area contributed by atoms with Gasteiger partial charge in [-0.25, -0.2) is 4.79 Å². The lowest BCUT2D eigenvalue weighted by atomic mass is 10.0. The molecular formula is C11H16ClN5O5. The molecule has 2 fully saturated rings. The van der Waals surface area contributed by atoms with Crippen LogP contribution in [-0.4, -0.2) is 65.1 Å². The van der Waals surface area contributed by atoms with Crippen LogP contribution in [-0.2, 0) is 14.3 Å². The molecule has 3 amide bonds. The summed E-state index contributed by atoms with van der Waals surface area (Å²) in [4.78, 5) is 26.3. The lowest BCUT2D eigenvalue weighted by Gasteiger charge is -2.44. The number of hydrogen-bond acceptors (Lipinski definition) is 6. The average molecular weight is 334 g/mol. The summed E-state index contributed by atoms with van der Waals surface area (Å²) in [6.07, 6.45) is -2.50. The van der Waals surface area contributed by atoms with Gasteiger partial charge < -0.3 is 14.6 Å². The molecule has 0 unspecified atom stereocenters. The van der Waals surface area contributed by atoms with Crippen molar-refractivity contribution in [2.24, 2.45) is 5.11 Å². The fourth-order valence-electron chi connectivity index (χ4n) is 2.62. The Hall–Kier alpha value is -1.58. The number of alkyl halides is 1. The van der Waals surface area contributed by atoms with Gasteiger partial charge in [0.25, 0.3) is 5.91 Å². The van der Waals surface area contributed by atoms with Gasteiger partial charge in [-0.3, -0.25) is 15.0 Å². The summed E-state index contributed by atoms with van der Waals surface area (Å²) < 4.78 is 10.7. The van der Waals surface area contributed by atoms with Crippen LogP contribution in [0.1, 0.15) is 13.3 Å². The predicted molar refractivity (Wildman–Crippen MR) is 73.7 cm³/mol. The van der Waals surface area contributed by atoms with E-state index in [0.29, 0.717) is 0 Å². The summed E-state index contributed by atoms with van der Waals surface area (Å²) >= 11 is 6.18. The Morgan fingerprint density at radius 2 is 2.36 bits per heavy atom. The van der Waals surface area contributed by atoms with Crippen LogP contribution in [0, 0.1) is 0 Å². The third-order valence-corrected chi connectivity index (χ3v) is 4.09. The van der Waals surface area contributed by atoms with Crippen LogP contribution >= 0.6 is 11.6 Å². The Labute approximate surface area is 130 Å². The van der Waals surface area contributed by atoms with Gasteiger partial charge in [0.2, 0.25) is 0 Å². The van der Waals surface area contributed by atoms with E-state index in [1.54, 1.807) is 0 Å². The first-order valence-corrected chi connectivity index (χ1v) is 6.90. The van der Waals surface area contributed by atoms with Gasteiger partial charge in [-0.15, -0.1) is 11.6 Å². The van der Waals surface area contributed by atoms with Gasteiger partial charge in [-0.05, 0) is 12.5 Å². The number of rotatable bonds is 4. The molecule has 5 atom stereocenters. The number of nitrogens with one attached hydrogen (secondary N) is 1. The van der Waals surface area contributed by atoms with Crippen LogP contribution in [0.3, 0.4) is 0 Å². The van der Waals surface area contributed by atoms with Gasteiger partial charge in [-0.2, -0.15) is 0 Å². The number of aliphatic hydroxyl groups excluding tert-OH is 1. The maximum Gasteiger partial charge on any atom is 0.328 e. The fourth-order valence-corrected chi connectivity index (χ4v) is 2.86. The van der Waals surface area contributed by atoms with E-state index in [2.05, 4.69) is 15.3 Å². The summed E-state index contributed by atoms with van der Waals surface area (Å²) in [5.74, 6) is -0.675. The van der Waals surface area contributed by atoms with Crippen molar-refractivity contribution in [1.82, 2.24) is 10.2 Å². The topological polar surface area (TPSA) is 137 Å². The Morgan fingerprint density at radius 1 is 1.68 bits per heavy atom. The lowest BCUT2D eigenvalue weighted by molar-refractivity contribution is -0.154. The molecule has 0 radical (unpaired) electrons. The van der Waals surface area contributed by atoms with Gasteiger partial charge in [0.15, 0.2) is 11.1 Å². The number of urea groups is 1. The van der Waals surface area contributed by atoms with Crippen LogP contribution in [0.2, 0.25) is 0 Å². The molecule has 22 heavy (non-hydrogen) atoms. The molecule has 2 saturated heterocycles. The van der Waals surface area contributed by atoms with Gasteiger partial charge in [0, 0.05) is 18.4 Å². The molecule has 0 aromatic heterocycles. The second kappa shape index (κ2) is 6.27. The first kappa shape index (κ1) is 16.8. The van der Waals surface area contributed by atoms with Gasteiger partial charge in [-0.1, -0.05) is 5.11 Å². The maximum absolute atomic E-state index is 12.1. The van der Waals surface area contributed by atoms with Gasteiger partial charge in [0.1, 0.15) is 6.23 Å². The molecule has 0 spiro atoms. The van der Waals surface area contributed by atoms with Crippen LogP contribution in [0.4, 0.5) is 4.79 Å². The van der Waals surface area contributed by atoms with Crippen molar-refractivity contribution in [1.29, 1.82) is 0 Å². The largest absolute Gasteiger partial charge is 0.394 e. The molecule has 2 heterocycles. The van der Waals surface area contributed by atoms with Crippen molar-refractivity contribution < 1.29 is 24.2 Å². The molecule has 2 aliphatic heterocycles. The SMILES string of the molecule is CO[C@H]1N([C@H]2C[C@H](N=[N+]=[N-])[C@@H](CO)O2)C(=O)NC(=O)[C@]1(C)Cl. The van der Waals surface area contributed by atoms with E-state index in [0.717, 1.165) is 4.90 Å². The van der Waals surface area contributed by atoms with Gasteiger partial charge in [0.05, 0.1) is 18.8 Å². The van der Waals surface area contributed by atoms with Crippen molar-refractivity contribution in [3.63, 3.8) is 0 Å². The number of azide groups is 1. The molecule has 2 rings (SSSR count). The standard InChI is InChI=1S/C11H16ClN5O5/c1-11(12)8(19)14-10(20)17(9(11)21-2)7-3-5(15-16-13)6(4-18)22-7/h5-7,9,18H,3-4H2,1-2H3,(H,14,19,20)/t5-,6+,7+,9+,11-/m0/s1. The number of amides is 3. The number of ether oxygens (including phenoxy) is 2. The van der Waals surface area contributed by atoms with E-state index in [9.17, 15) is 14.7 Å². The van der Waals surface area contributed by atoms with E-state index in [1.807, 2.05) is 0 Å². The number of carbonyl (C=O) groups excluding carboxylic acids is 2. The smallest absolute Gasteiger partial charge is 0.328 e. The zero-order valence-corrected chi connectivity index (χ0v) is 12.7. The highest BCUT2D eigenvalue weighted by Crippen LogP contribution is 2.34. The Morgan fingerprint density at radius 3 is 2.91 bits per heavy atom. The monoisotopic (exact) mass is 333 g/mol. The van der Waals surface area contributed by atoms with Crippen LogP contribution in [0.5, 0.6) is 0 Å². The molecule has 2 aliphatic rings. The second-order valence-electron chi connectivity index (χ2n) is 5.15. The highest BCUT2D eigenvalue weighted by molar-refractivity contribution is 6.36. The Balaban J connectivity index is 2.28. The van der Waals surface area contributed by atoms with Crippen molar-refractivity contribution in [2.75, 3.05) is 13.7 Å². The lowest BCUT2D eigenvalue weighted by Crippen LogP contribution is -2.69. The molecule has 122 valence electrons. The van der Waals surface area contributed by atoms with Crippen LogP contribution < -0.4 is 5.32 Å². The normalized spacial score (nSPS) is 38.6. The number of aliphatic hydroxyl groups is 1. The number of nitrogens with zero attached hydrogens (tertiary/aromatic N) is 4. The van der Waals surface area contributed by atoms with Crippen molar-refractivity contribution in [3.8, 4) is 0 Å². The highest BCUT2D eigenvalue weighted by atomic mass is 35.5. The number of methoxy groups -OCH3 is 1. The highest BCUT2D eigenvalue weighted by Gasteiger charge is 2.54. The summed E-state index contributed by atoms with van der Waals surface area (Å²) in [6, 6.07) is -1.36. The van der Waals surface area contributed by atoms with E-state index >= 15 is 0 Å². The maximum atomic E-state index is 12.1. The van der Waals surface area contributed by atoms with Crippen molar-refractivity contribution >= 4 is 23.5 Å². The summed E-state index contributed by atoms with van der Waals surface area (Å²) in [5.41, 5.74) is 8.54. The quantitative estimate of drug-likeness (QED) is 0.330. The van der Waals surface area contributed by atoms with E-state index < -0.39 is 41.4 Å². The average Bonchev–Trinajstić information content (AvgIpc) is 2.85. The fraction of sp³-hybridized carbons (Fsp3) is 0.818. The molecule has 0 aromatic carbocycles.